The molecular weight excluding hydrogens is 231 g/mol. The Hall–Kier alpha value is -1.63. The second-order valence-corrected chi connectivity index (χ2v) is 3.94. The summed E-state index contributed by atoms with van der Waals surface area (Å²) >= 11 is 0. The van der Waals surface area contributed by atoms with Gasteiger partial charge in [-0.25, -0.2) is 4.39 Å². The standard InChI is InChI=1S/C10H15FN2O4/c1-6(2)17-10(11)5-8(13(14)15)7(12)4-9(10)16-3/h4,6H,5,12H2,1-3H3. The summed E-state index contributed by atoms with van der Waals surface area (Å²) in [6.45, 7) is 3.25. The molecule has 0 aromatic carbocycles. The third-order valence-electron chi connectivity index (χ3n) is 2.25. The predicted octanol–water partition coefficient (Wildman–Crippen LogP) is 1.46. The zero-order valence-electron chi connectivity index (χ0n) is 9.90. The van der Waals surface area contributed by atoms with E-state index in [1.807, 2.05) is 0 Å². The van der Waals surface area contributed by atoms with Crippen LogP contribution in [0.15, 0.2) is 23.2 Å². The molecule has 0 aliphatic heterocycles. The first-order chi connectivity index (χ1) is 7.80. The van der Waals surface area contributed by atoms with Gasteiger partial charge in [0.25, 0.3) is 11.6 Å². The van der Waals surface area contributed by atoms with Gasteiger partial charge >= 0.3 is 0 Å². The lowest BCUT2D eigenvalue weighted by molar-refractivity contribution is -0.434. The average molecular weight is 246 g/mol. The second kappa shape index (κ2) is 4.70. The fraction of sp³-hybridized carbons (Fsp3) is 0.600. The third-order valence-corrected chi connectivity index (χ3v) is 2.25. The molecule has 0 heterocycles. The van der Waals surface area contributed by atoms with Crippen LogP contribution >= 0.6 is 0 Å². The summed E-state index contributed by atoms with van der Waals surface area (Å²) in [7, 11) is 1.26. The van der Waals surface area contributed by atoms with Gasteiger partial charge in [0.15, 0.2) is 5.76 Å². The van der Waals surface area contributed by atoms with E-state index < -0.39 is 29.0 Å². The highest BCUT2D eigenvalue weighted by Crippen LogP contribution is 2.37. The second-order valence-electron chi connectivity index (χ2n) is 3.94. The summed E-state index contributed by atoms with van der Waals surface area (Å²) in [5.41, 5.74) is 4.93. The summed E-state index contributed by atoms with van der Waals surface area (Å²) in [4.78, 5) is 10.00. The van der Waals surface area contributed by atoms with Crippen LogP contribution in [0.4, 0.5) is 4.39 Å². The van der Waals surface area contributed by atoms with Crippen LogP contribution in [0.25, 0.3) is 0 Å². The maximum atomic E-state index is 14.5. The van der Waals surface area contributed by atoms with Gasteiger partial charge in [-0.05, 0) is 13.8 Å². The van der Waals surface area contributed by atoms with Crippen molar-refractivity contribution in [2.75, 3.05) is 7.11 Å². The molecule has 0 saturated carbocycles. The molecule has 0 amide bonds. The van der Waals surface area contributed by atoms with Gasteiger partial charge in [0, 0.05) is 6.08 Å². The smallest absolute Gasteiger partial charge is 0.277 e. The molecule has 7 heteroatoms. The predicted molar refractivity (Wildman–Crippen MR) is 58.0 cm³/mol. The maximum Gasteiger partial charge on any atom is 0.277 e. The molecule has 2 N–H and O–H groups in total. The number of hydrogen-bond donors (Lipinski definition) is 1. The van der Waals surface area contributed by atoms with Gasteiger partial charge in [0.05, 0.1) is 18.1 Å². The molecule has 0 aromatic rings. The van der Waals surface area contributed by atoms with Crippen molar-refractivity contribution in [3.63, 3.8) is 0 Å². The van der Waals surface area contributed by atoms with Crippen molar-refractivity contribution < 1.29 is 18.8 Å². The molecule has 0 spiro atoms. The number of allylic oxidation sites excluding steroid dienone is 1. The molecule has 1 aliphatic carbocycles. The Labute approximate surface area is 98.0 Å². The first-order valence-corrected chi connectivity index (χ1v) is 5.06. The minimum Gasteiger partial charge on any atom is -0.495 e. The molecule has 0 fully saturated rings. The summed E-state index contributed by atoms with van der Waals surface area (Å²) < 4.78 is 24.3. The quantitative estimate of drug-likeness (QED) is 0.599. The summed E-state index contributed by atoms with van der Waals surface area (Å²) in [6.07, 6.45) is 0.0825. The van der Waals surface area contributed by atoms with E-state index in [0.29, 0.717) is 0 Å². The van der Waals surface area contributed by atoms with Crippen LogP contribution in [0.2, 0.25) is 0 Å². The molecule has 0 bridgehead atoms. The first kappa shape index (κ1) is 13.4. The Bertz CT molecular complexity index is 392. The number of nitro groups is 1. The lowest BCUT2D eigenvalue weighted by Gasteiger charge is -2.30. The zero-order valence-corrected chi connectivity index (χ0v) is 9.90. The van der Waals surface area contributed by atoms with Gasteiger partial charge in [-0.2, -0.15) is 0 Å². The van der Waals surface area contributed by atoms with Crippen LogP contribution in [0.5, 0.6) is 0 Å². The Morgan fingerprint density at radius 1 is 1.65 bits per heavy atom. The first-order valence-electron chi connectivity index (χ1n) is 5.06. The average Bonchev–Trinajstić information content (AvgIpc) is 2.19. The topological polar surface area (TPSA) is 87.6 Å². The Kier molecular flexibility index (Phi) is 3.72. The van der Waals surface area contributed by atoms with Crippen LogP contribution in [0.1, 0.15) is 20.3 Å². The Morgan fingerprint density at radius 2 is 2.24 bits per heavy atom. The van der Waals surface area contributed by atoms with Crippen molar-refractivity contribution in [2.45, 2.75) is 32.2 Å². The summed E-state index contributed by atoms with van der Waals surface area (Å²) in [5.74, 6) is -2.50. The molecule has 1 rings (SSSR count). The van der Waals surface area contributed by atoms with Crippen molar-refractivity contribution in [1.29, 1.82) is 0 Å². The monoisotopic (exact) mass is 246 g/mol. The van der Waals surface area contributed by atoms with E-state index in [4.69, 9.17) is 15.2 Å². The van der Waals surface area contributed by atoms with E-state index in [1.165, 1.54) is 7.11 Å². The number of halogens is 1. The molecule has 1 atom stereocenters. The van der Waals surface area contributed by atoms with E-state index >= 15 is 0 Å². The number of alkyl halides is 1. The van der Waals surface area contributed by atoms with Crippen LogP contribution in [-0.2, 0) is 9.47 Å². The van der Waals surface area contributed by atoms with E-state index in [0.717, 1.165) is 6.08 Å². The van der Waals surface area contributed by atoms with Crippen molar-refractivity contribution >= 4 is 0 Å². The number of methoxy groups -OCH3 is 1. The van der Waals surface area contributed by atoms with E-state index in [-0.39, 0.29) is 11.5 Å². The van der Waals surface area contributed by atoms with Crippen molar-refractivity contribution in [3.05, 3.63) is 33.3 Å². The van der Waals surface area contributed by atoms with Crippen LogP contribution in [0, 0.1) is 10.1 Å². The zero-order chi connectivity index (χ0) is 13.2. The van der Waals surface area contributed by atoms with Gasteiger partial charge in [0.1, 0.15) is 12.1 Å². The van der Waals surface area contributed by atoms with Crippen molar-refractivity contribution in [3.8, 4) is 0 Å². The largest absolute Gasteiger partial charge is 0.495 e. The number of hydrogen-bond acceptors (Lipinski definition) is 5. The minimum atomic E-state index is -2.34. The van der Waals surface area contributed by atoms with Gasteiger partial charge < -0.3 is 15.2 Å². The highest BCUT2D eigenvalue weighted by Gasteiger charge is 2.46. The highest BCUT2D eigenvalue weighted by molar-refractivity contribution is 5.31. The minimum absolute atomic E-state index is 0.118. The van der Waals surface area contributed by atoms with Crippen LogP contribution in [0.3, 0.4) is 0 Å². The fourth-order valence-corrected chi connectivity index (χ4v) is 1.59. The third kappa shape index (κ3) is 2.73. The number of nitrogens with two attached hydrogens (primary N) is 1. The molecular formula is C10H15FN2O4. The van der Waals surface area contributed by atoms with Crippen molar-refractivity contribution in [2.24, 2.45) is 5.73 Å². The number of nitrogens with zero attached hydrogens (tertiary/aromatic N) is 1. The Morgan fingerprint density at radius 3 is 2.65 bits per heavy atom. The SMILES string of the molecule is COC1=CC(N)=C([N+](=O)[O-])CC1(F)OC(C)C. The summed E-state index contributed by atoms with van der Waals surface area (Å²) in [5, 5.41) is 10.7. The molecule has 0 saturated heterocycles. The van der Waals surface area contributed by atoms with Gasteiger partial charge in [-0.3, -0.25) is 10.1 Å². The van der Waals surface area contributed by atoms with E-state index in [1.54, 1.807) is 13.8 Å². The van der Waals surface area contributed by atoms with E-state index in [9.17, 15) is 14.5 Å². The number of rotatable bonds is 4. The van der Waals surface area contributed by atoms with Crippen molar-refractivity contribution in [1.82, 2.24) is 0 Å². The van der Waals surface area contributed by atoms with Gasteiger partial charge in [-0.15, -0.1) is 0 Å². The molecule has 0 radical (unpaired) electrons. The van der Waals surface area contributed by atoms with Gasteiger partial charge in [-0.1, -0.05) is 0 Å². The Balaban J connectivity index is 3.13. The fourth-order valence-electron chi connectivity index (χ4n) is 1.59. The molecule has 1 aliphatic rings. The molecule has 6 nitrogen and oxygen atoms in total. The van der Waals surface area contributed by atoms with Crippen LogP contribution in [-0.4, -0.2) is 24.0 Å². The van der Waals surface area contributed by atoms with Crippen LogP contribution < -0.4 is 5.73 Å². The highest BCUT2D eigenvalue weighted by atomic mass is 19.2. The molecule has 17 heavy (non-hydrogen) atoms. The van der Waals surface area contributed by atoms with Gasteiger partial charge in [0.2, 0.25) is 0 Å². The molecule has 1 unspecified atom stereocenters. The molecule has 96 valence electrons. The lowest BCUT2D eigenvalue weighted by Crippen LogP contribution is -2.38. The maximum absolute atomic E-state index is 14.5. The van der Waals surface area contributed by atoms with E-state index in [2.05, 4.69) is 0 Å². The lowest BCUT2D eigenvalue weighted by atomic mass is 10.0. The molecule has 0 aromatic heterocycles. The normalized spacial score (nSPS) is 24.9. The number of ether oxygens (including phenoxy) is 2. The summed E-state index contributed by atoms with van der Waals surface area (Å²) in [6, 6.07) is 0.